The van der Waals surface area contributed by atoms with Crippen molar-refractivity contribution in [3.8, 4) is 0 Å². The fraction of sp³-hybridized carbons (Fsp3) is 0.667. The summed E-state index contributed by atoms with van der Waals surface area (Å²) in [5.74, 6) is -0.115. The highest BCUT2D eigenvalue weighted by Gasteiger charge is 2.01. The van der Waals surface area contributed by atoms with Gasteiger partial charge in [0.15, 0.2) is 9.84 Å². The second-order valence-electron chi connectivity index (χ2n) is 1.06. The van der Waals surface area contributed by atoms with E-state index in [0.29, 0.717) is 0 Å². The topological polar surface area (TPSA) is 34.1 Å². The third-order valence-electron chi connectivity index (χ3n) is 0.477. The molecule has 0 aromatic rings. The standard InChI is InChI=1S/C3H6ClO2S/c1-2-7(5,6)3-4/h1-3H2. The first-order valence-electron chi connectivity index (χ1n) is 1.68. The molecule has 0 amide bonds. The smallest absolute Gasteiger partial charge is 0.164 e. The lowest BCUT2D eigenvalue weighted by molar-refractivity contribution is 0.603. The maximum absolute atomic E-state index is 10.2. The second kappa shape index (κ2) is 2.52. The number of alkyl halides is 1. The van der Waals surface area contributed by atoms with E-state index in [1.807, 2.05) is 0 Å². The highest BCUT2D eigenvalue weighted by molar-refractivity contribution is 7.92. The normalized spacial score (nSPS) is 11.7. The minimum atomic E-state index is -3.00. The van der Waals surface area contributed by atoms with Gasteiger partial charge in [0.1, 0.15) is 5.21 Å². The molecule has 43 valence electrons. The molecule has 0 saturated heterocycles. The van der Waals surface area contributed by atoms with E-state index in [1.165, 1.54) is 0 Å². The van der Waals surface area contributed by atoms with E-state index in [2.05, 4.69) is 6.92 Å². The third-order valence-corrected chi connectivity index (χ3v) is 2.43. The van der Waals surface area contributed by atoms with Crippen LogP contribution in [0.3, 0.4) is 0 Å². The zero-order valence-electron chi connectivity index (χ0n) is 3.72. The Morgan fingerprint density at radius 2 is 2.00 bits per heavy atom. The molecule has 0 saturated carbocycles. The van der Waals surface area contributed by atoms with Gasteiger partial charge in [-0.15, -0.1) is 11.6 Å². The lowest BCUT2D eigenvalue weighted by atomic mass is 11.0. The van der Waals surface area contributed by atoms with Gasteiger partial charge in [-0.25, -0.2) is 8.42 Å². The second-order valence-corrected chi connectivity index (χ2v) is 3.83. The largest absolute Gasteiger partial charge is 0.228 e. The van der Waals surface area contributed by atoms with E-state index in [9.17, 15) is 8.42 Å². The summed E-state index contributed by atoms with van der Waals surface area (Å²) in [5.41, 5.74) is 0. The summed E-state index contributed by atoms with van der Waals surface area (Å²) in [6.07, 6.45) is 0. The Hall–Kier alpha value is 0.240. The van der Waals surface area contributed by atoms with Crippen molar-refractivity contribution < 1.29 is 8.42 Å². The van der Waals surface area contributed by atoms with Crippen LogP contribution in [0.4, 0.5) is 0 Å². The van der Waals surface area contributed by atoms with E-state index in [4.69, 9.17) is 11.6 Å². The number of rotatable bonds is 2. The predicted octanol–water partition coefficient (Wildman–Crippen LogP) is 0.432. The SMILES string of the molecule is [CH2]CS(=O)(=O)CCl. The fourth-order valence-electron chi connectivity index (χ4n) is 0.0546. The van der Waals surface area contributed by atoms with Gasteiger partial charge in [-0.2, -0.15) is 0 Å². The Balaban J connectivity index is 3.89. The molecule has 0 atom stereocenters. The molecule has 0 spiro atoms. The quantitative estimate of drug-likeness (QED) is 0.523. The van der Waals surface area contributed by atoms with Crippen molar-refractivity contribution in [1.82, 2.24) is 0 Å². The van der Waals surface area contributed by atoms with Crippen LogP contribution < -0.4 is 0 Å². The highest BCUT2D eigenvalue weighted by atomic mass is 35.5. The third kappa shape index (κ3) is 2.88. The van der Waals surface area contributed by atoms with Crippen molar-refractivity contribution in [3.63, 3.8) is 0 Å². The van der Waals surface area contributed by atoms with Gasteiger partial charge in [-0.3, -0.25) is 0 Å². The molecule has 4 heteroatoms. The Morgan fingerprint density at radius 3 is 2.00 bits per heavy atom. The molecule has 0 bridgehead atoms. The average molecular weight is 142 g/mol. The van der Waals surface area contributed by atoms with Gasteiger partial charge < -0.3 is 0 Å². The first-order valence-corrected chi connectivity index (χ1v) is 4.03. The predicted molar refractivity (Wildman–Crippen MR) is 29.9 cm³/mol. The molecule has 0 aromatic heterocycles. The highest BCUT2D eigenvalue weighted by Crippen LogP contribution is 1.89. The van der Waals surface area contributed by atoms with Gasteiger partial charge in [0.25, 0.3) is 0 Å². The Morgan fingerprint density at radius 1 is 1.57 bits per heavy atom. The minimum Gasteiger partial charge on any atom is -0.228 e. The van der Waals surface area contributed by atoms with Gasteiger partial charge in [0.05, 0.1) is 5.75 Å². The number of sulfone groups is 1. The molecule has 0 rings (SSSR count). The van der Waals surface area contributed by atoms with Crippen LogP contribution in [0, 0.1) is 6.92 Å². The summed E-state index contributed by atoms with van der Waals surface area (Å²) in [6.45, 7) is 3.16. The van der Waals surface area contributed by atoms with Crippen LogP contribution in [0.2, 0.25) is 0 Å². The van der Waals surface area contributed by atoms with Gasteiger partial charge >= 0.3 is 0 Å². The molecule has 0 aromatic carbocycles. The van der Waals surface area contributed by atoms with Gasteiger partial charge in [-0.05, 0) is 6.92 Å². The van der Waals surface area contributed by atoms with Gasteiger partial charge in [-0.1, -0.05) is 0 Å². The fourth-order valence-corrected chi connectivity index (χ4v) is 0.491. The molecule has 0 aliphatic carbocycles. The van der Waals surface area contributed by atoms with Crippen molar-refractivity contribution in [2.75, 3.05) is 11.0 Å². The van der Waals surface area contributed by atoms with Crippen molar-refractivity contribution in [2.45, 2.75) is 0 Å². The molecular weight excluding hydrogens is 136 g/mol. The summed E-state index contributed by atoms with van der Waals surface area (Å²) in [6, 6.07) is 0. The minimum absolute atomic E-state index is 0.115. The van der Waals surface area contributed by atoms with Crippen molar-refractivity contribution in [2.24, 2.45) is 0 Å². The monoisotopic (exact) mass is 141 g/mol. The lowest BCUT2D eigenvalue weighted by Crippen LogP contribution is -2.02. The zero-order chi connectivity index (χ0) is 5.91. The number of hydrogen-bond donors (Lipinski definition) is 0. The summed E-state index contributed by atoms with van der Waals surface area (Å²) in [5, 5.41) is -0.323. The van der Waals surface area contributed by atoms with E-state index in [-0.39, 0.29) is 11.0 Å². The Labute approximate surface area is 48.4 Å². The molecule has 1 radical (unpaired) electrons. The molecular formula is C3H6ClO2S. The molecule has 2 nitrogen and oxygen atoms in total. The molecule has 0 aliphatic rings. The van der Waals surface area contributed by atoms with Crippen LogP contribution in [0.25, 0.3) is 0 Å². The Bertz CT molecular complexity index is 116. The van der Waals surface area contributed by atoms with E-state index in [1.54, 1.807) is 0 Å². The van der Waals surface area contributed by atoms with E-state index >= 15 is 0 Å². The molecule has 0 fully saturated rings. The summed E-state index contributed by atoms with van der Waals surface area (Å²) < 4.78 is 20.3. The molecule has 0 N–H and O–H groups in total. The zero-order valence-corrected chi connectivity index (χ0v) is 5.30. The van der Waals surface area contributed by atoms with Crippen LogP contribution in [0.15, 0.2) is 0 Å². The van der Waals surface area contributed by atoms with Crippen LogP contribution >= 0.6 is 11.6 Å². The van der Waals surface area contributed by atoms with Crippen LogP contribution in [-0.2, 0) is 9.84 Å². The van der Waals surface area contributed by atoms with E-state index < -0.39 is 9.84 Å². The van der Waals surface area contributed by atoms with Crippen molar-refractivity contribution in [1.29, 1.82) is 0 Å². The number of hydrogen-bond acceptors (Lipinski definition) is 2. The summed E-state index contributed by atoms with van der Waals surface area (Å²) in [4.78, 5) is 0. The average Bonchev–Trinajstić information content (AvgIpc) is 1.68. The Kier molecular flexibility index (Phi) is 2.61. The molecule has 0 aliphatic heterocycles. The maximum atomic E-state index is 10.2. The van der Waals surface area contributed by atoms with Crippen molar-refractivity contribution in [3.05, 3.63) is 6.92 Å². The lowest BCUT2D eigenvalue weighted by Gasteiger charge is -1.87. The number of halogens is 1. The summed E-state index contributed by atoms with van der Waals surface area (Å²) >= 11 is 4.97. The molecule has 0 unspecified atom stereocenters. The molecule has 0 heterocycles. The van der Waals surface area contributed by atoms with Gasteiger partial charge in [0, 0.05) is 0 Å². The maximum Gasteiger partial charge on any atom is 0.164 e. The van der Waals surface area contributed by atoms with Crippen LogP contribution in [-0.4, -0.2) is 19.4 Å². The van der Waals surface area contributed by atoms with E-state index in [0.717, 1.165) is 0 Å². The van der Waals surface area contributed by atoms with Crippen LogP contribution in [0.5, 0.6) is 0 Å². The van der Waals surface area contributed by atoms with Crippen LogP contribution in [0.1, 0.15) is 0 Å². The van der Waals surface area contributed by atoms with Gasteiger partial charge in [0.2, 0.25) is 0 Å². The van der Waals surface area contributed by atoms with Crippen molar-refractivity contribution >= 4 is 21.4 Å². The summed E-state index contributed by atoms with van der Waals surface area (Å²) in [7, 11) is -3.00. The first kappa shape index (κ1) is 7.24. The molecule has 7 heavy (non-hydrogen) atoms. The first-order chi connectivity index (χ1) is 3.12.